The first-order chi connectivity index (χ1) is 22.0. The molecule has 4 aromatic carbocycles. The summed E-state index contributed by atoms with van der Waals surface area (Å²) < 4.78 is 29.6. The van der Waals surface area contributed by atoms with Gasteiger partial charge in [0, 0.05) is 35.1 Å². The van der Waals surface area contributed by atoms with Crippen LogP contribution in [0.4, 0.5) is 5.69 Å². The van der Waals surface area contributed by atoms with Gasteiger partial charge in [0.05, 0.1) is 10.6 Å². The van der Waals surface area contributed by atoms with E-state index in [4.69, 9.17) is 23.2 Å². The second-order valence-electron chi connectivity index (χ2n) is 11.4. The summed E-state index contributed by atoms with van der Waals surface area (Å²) in [5, 5.41) is 3.64. The summed E-state index contributed by atoms with van der Waals surface area (Å²) in [4.78, 5) is 30.0. The Morgan fingerprint density at radius 1 is 0.804 bits per heavy atom. The number of amides is 2. The van der Waals surface area contributed by atoms with Crippen molar-refractivity contribution < 1.29 is 18.0 Å². The number of para-hydroxylation sites is 1. The molecule has 0 saturated carbocycles. The number of sulfonamides is 1. The van der Waals surface area contributed by atoms with Gasteiger partial charge >= 0.3 is 0 Å². The van der Waals surface area contributed by atoms with Crippen LogP contribution in [0.3, 0.4) is 0 Å². The van der Waals surface area contributed by atoms with Crippen LogP contribution in [0, 0.1) is 5.92 Å². The van der Waals surface area contributed by atoms with Crippen LogP contribution in [0.15, 0.2) is 108 Å². The Bertz CT molecular complexity index is 1710. The maximum absolute atomic E-state index is 14.7. The van der Waals surface area contributed by atoms with Crippen LogP contribution in [0.2, 0.25) is 10.0 Å². The molecule has 1 atom stereocenters. The summed E-state index contributed by atoms with van der Waals surface area (Å²) in [7, 11) is -4.20. The smallest absolute Gasteiger partial charge is 0.264 e. The van der Waals surface area contributed by atoms with Crippen LogP contribution in [-0.2, 0) is 39.0 Å². The van der Waals surface area contributed by atoms with Gasteiger partial charge in [-0.15, -0.1) is 0 Å². The molecule has 242 valence electrons. The summed E-state index contributed by atoms with van der Waals surface area (Å²) in [6, 6.07) is 28.5. The fourth-order valence-corrected chi connectivity index (χ4v) is 7.11. The summed E-state index contributed by atoms with van der Waals surface area (Å²) in [5.41, 5.74) is 2.44. The molecule has 4 aromatic rings. The molecule has 2 amide bonds. The largest absolute Gasteiger partial charge is 0.354 e. The Balaban J connectivity index is 1.85. The number of hydrogen-bond acceptors (Lipinski definition) is 4. The molecule has 0 heterocycles. The van der Waals surface area contributed by atoms with E-state index in [1.54, 1.807) is 48.5 Å². The van der Waals surface area contributed by atoms with E-state index in [1.165, 1.54) is 17.0 Å². The fourth-order valence-electron chi connectivity index (χ4n) is 5.12. The SMILES string of the molecule is CCc1ccccc1N(CC(=O)N(Cc1c(Cl)cccc1Cl)C(Cc1ccccc1)C(=O)NCC(C)C)S(=O)(=O)c1ccccc1. The van der Waals surface area contributed by atoms with Gasteiger partial charge in [-0.1, -0.05) is 117 Å². The van der Waals surface area contributed by atoms with Gasteiger partial charge in [-0.3, -0.25) is 13.9 Å². The first-order valence-electron chi connectivity index (χ1n) is 15.2. The Labute approximate surface area is 282 Å². The predicted molar refractivity (Wildman–Crippen MR) is 186 cm³/mol. The van der Waals surface area contributed by atoms with Crippen molar-refractivity contribution in [3.63, 3.8) is 0 Å². The molecule has 0 bridgehead atoms. The normalized spacial score (nSPS) is 12.0. The molecule has 0 aliphatic carbocycles. The second-order valence-corrected chi connectivity index (χ2v) is 14.1. The third-order valence-corrected chi connectivity index (χ3v) is 10.1. The van der Waals surface area contributed by atoms with Crippen LogP contribution in [-0.4, -0.2) is 44.3 Å². The molecule has 46 heavy (non-hydrogen) atoms. The lowest BCUT2D eigenvalue weighted by Crippen LogP contribution is -2.54. The van der Waals surface area contributed by atoms with Crippen molar-refractivity contribution in [1.82, 2.24) is 10.2 Å². The highest BCUT2D eigenvalue weighted by Crippen LogP contribution is 2.30. The lowest BCUT2D eigenvalue weighted by molar-refractivity contribution is -0.140. The van der Waals surface area contributed by atoms with Gasteiger partial charge < -0.3 is 10.2 Å². The minimum absolute atomic E-state index is 0.0462. The minimum Gasteiger partial charge on any atom is -0.354 e. The molecule has 10 heteroatoms. The second kappa shape index (κ2) is 16.1. The molecule has 0 aliphatic rings. The van der Waals surface area contributed by atoms with Gasteiger partial charge in [0.2, 0.25) is 11.8 Å². The lowest BCUT2D eigenvalue weighted by Gasteiger charge is -2.34. The third-order valence-electron chi connectivity index (χ3n) is 7.60. The number of halogens is 2. The van der Waals surface area contributed by atoms with Crippen molar-refractivity contribution in [2.45, 2.75) is 51.1 Å². The highest BCUT2D eigenvalue weighted by molar-refractivity contribution is 7.92. The van der Waals surface area contributed by atoms with Gasteiger partial charge in [0.1, 0.15) is 12.6 Å². The minimum atomic E-state index is -4.20. The van der Waals surface area contributed by atoms with E-state index < -0.39 is 28.5 Å². The van der Waals surface area contributed by atoms with E-state index in [2.05, 4.69) is 5.32 Å². The average molecular weight is 681 g/mol. The van der Waals surface area contributed by atoms with Crippen molar-refractivity contribution >= 4 is 50.7 Å². The monoisotopic (exact) mass is 679 g/mol. The molecule has 7 nitrogen and oxygen atoms in total. The molecule has 1 unspecified atom stereocenters. The molecular weight excluding hydrogens is 641 g/mol. The number of nitrogens with zero attached hydrogens (tertiary/aromatic N) is 2. The van der Waals surface area contributed by atoms with Crippen LogP contribution < -0.4 is 9.62 Å². The van der Waals surface area contributed by atoms with Crippen molar-refractivity contribution in [2.75, 3.05) is 17.4 Å². The molecule has 1 N–H and O–H groups in total. The third kappa shape index (κ3) is 8.69. The van der Waals surface area contributed by atoms with Gasteiger partial charge in [0.25, 0.3) is 10.0 Å². The zero-order chi connectivity index (χ0) is 33.3. The summed E-state index contributed by atoms with van der Waals surface area (Å²) in [6.07, 6.45) is 0.730. The van der Waals surface area contributed by atoms with E-state index >= 15 is 0 Å². The number of nitrogens with one attached hydrogen (secondary N) is 1. The number of carbonyl (C=O) groups excluding carboxylic acids is 2. The van der Waals surface area contributed by atoms with Crippen molar-refractivity contribution in [3.05, 3.63) is 130 Å². The van der Waals surface area contributed by atoms with Crippen molar-refractivity contribution in [3.8, 4) is 0 Å². The molecule has 0 radical (unpaired) electrons. The maximum atomic E-state index is 14.7. The highest BCUT2D eigenvalue weighted by Gasteiger charge is 2.35. The molecule has 0 saturated heterocycles. The summed E-state index contributed by atoms with van der Waals surface area (Å²) >= 11 is 13.2. The standard InChI is InChI=1S/C36H39Cl2N3O4S/c1-4-28-16-11-12-21-33(28)41(46(44,45)29-17-9-6-10-18-29)25-35(42)40(24-30-31(37)19-13-20-32(30)38)34(36(43)39-23-26(2)3)22-27-14-7-5-8-15-27/h5-21,26,34H,4,22-25H2,1-3H3,(H,39,43). The van der Waals surface area contributed by atoms with Crippen LogP contribution in [0.1, 0.15) is 37.5 Å². The Kier molecular flexibility index (Phi) is 12.3. The average Bonchev–Trinajstić information content (AvgIpc) is 3.06. The zero-order valence-corrected chi connectivity index (χ0v) is 28.5. The number of aryl methyl sites for hydroxylation is 1. The molecular formula is C36H39Cl2N3O4S. The summed E-state index contributed by atoms with van der Waals surface area (Å²) in [5.74, 6) is -0.775. The van der Waals surface area contributed by atoms with Crippen LogP contribution in [0.25, 0.3) is 0 Å². The number of rotatable bonds is 14. The van der Waals surface area contributed by atoms with E-state index in [0.29, 0.717) is 34.3 Å². The van der Waals surface area contributed by atoms with Gasteiger partial charge in [-0.05, 0) is 53.8 Å². The zero-order valence-electron chi connectivity index (χ0n) is 26.2. The van der Waals surface area contributed by atoms with Crippen molar-refractivity contribution in [2.24, 2.45) is 5.92 Å². The highest BCUT2D eigenvalue weighted by atomic mass is 35.5. The van der Waals surface area contributed by atoms with Gasteiger partial charge in [-0.25, -0.2) is 8.42 Å². The van der Waals surface area contributed by atoms with E-state index in [1.807, 2.05) is 63.2 Å². The Morgan fingerprint density at radius 2 is 1.39 bits per heavy atom. The topological polar surface area (TPSA) is 86.8 Å². The van der Waals surface area contributed by atoms with Crippen LogP contribution >= 0.6 is 23.2 Å². The Hall–Kier alpha value is -3.85. The predicted octanol–water partition coefficient (Wildman–Crippen LogP) is 7.16. The molecule has 0 spiro atoms. The quantitative estimate of drug-likeness (QED) is 0.153. The fraction of sp³-hybridized carbons (Fsp3) is 0.278. The van der Waals surface area contributed by atoms with Gasteiger partial charge in [-0.2, -0.15) is 0 Å². The molecule has 0 aromatic heterocycles. The first kappa shape index (κ1) is 35.0. The number of hydrogen-bond donors (Lipinski definition) is 1. The van der Waals surface area contributed by atoms with E-state index in [9.17, 15) is 18.0 Å². The summed E-state index contributed by atoms with van der Waals surface area (Å²) in [6.45, 7) is 5.62. The number of carbonyl (C=O) groups is 2. The van der Waals surface area contributed by atoms with E-state index in [-0.39, 0.29) is 29.7 Å². The van der Waals surface area contributed by atoms with Crippen LogP contribution in [0.5, 0.6) is 0 Å². The lowest BCUT2D eigenvalue weighted by atomic mass is 10.0. The maximum Gasteiger partial charge on any atom is 0.264 e. The molecule has 4 rings (SSSR count). The first-order valence-corrected chi connectivity index (χ1v) is 17.4. The van der Waals surface area contributed by atoms with Crippen molar-refractivity contribution in [1.29, 1.82) is 0 Å². The number of anilines is 1. The molecule has 0 fully saturated rings. The van der Waals surface area contributed by atoms with Gasteiger partial charge in [0.15, 0.2) is 0 Å². The number of benzene rings is 4. The molecule has 0 aliphatic heterocycles. The Morgan fingerprint density at radius 3 is 2.00 bits per heavy atom. The van der Waals surface area contributed by atoms with E-state index in [0.717, 1.165) is 15.4 Å².